The van der Waals surface area contributed by atoms with Gasteiger partial charge >= 0.3 is 0 Å². The highest BCUT2D eigenvalue weighted by atomic mass is 32.2. The number of carbonyl (C=O) groups is 1. The van der Waals surface area contributed by atoms with Gasteiger partial charge in [-0.25, -0.2) is 8.42 Å². The van der Waals surface area contributed by atoms with Crippen molar-refractivity contribution in [3.8, 4) is 0 Å². The molecule has 5 heteroatoms. The first-order valence-electron chi connectivity index (χ1n) is 6.28. The average Bonchev–Trinajstić information content (AvgIpc) is 2.94. The number of sulfone groups is 1. The summed E-state index contributed by atoms with van der Waals surface area (Å²) in [6, 6.07) is 13.7. The highest BCUT2D eigenvalue weighted by molar-refractivity contribution is 7.90. The Kier molecular flexibility index (Phi) is 3.39. The van der Waals surface area contributed by atoms with Crippen LogP contribution in [0.5, 0.6) is 0 Å². The Morgan fingerprint density at radius 3 is 2.38 bits per heavy atom. The van der Waals surface area contributed by atoms with Crippen molar-refractivity contribution < 1.29 is 13.2 Å². The van der Waals surface area contributed by atoms with Gasteiger partial charge < -0.3 is 0 Å². The molecular weight excluding hydrogens is 304 g/mol. The van der Waals surface area contributed by atoms with Crippen molar-refractivity contribution in [3.05, 3.63) is 65.0 Å². The van der Waals surface area contributed by atoms with Crippen molar-refractivity contribution in [1.29, 1.82) is 0 Å². The summed E-state index contributed by atoms with van der Waals surface area (Å²) in [7, 11) is -3.24. The Morgan fingerprint density at radius 1 is 1.00 bits per heavy atom. The SMILES string of the molecule is CS(=O)(=O)c1ccc(C(=O)c2cccc3ccsc23)cc1. The molecule has 0 atom stereocenters. The maximum Gasteiger partial charge on any atom is 0.194 e. The van der Waals surface area contributed by atoms with Crippen molar-refractivity contribution in [2.45, 2.75) is 4.90 Å². The summed E-state index contributed by atoms with van der Waals surface area (Å²) in [5.41, 5.74) is 1.14. The second-order valence-corrected chi connectivity index (χ2v) is 7.70. The van der Waals surface area contributed by atoms with Crippen molar-refractivity contribution in [1.82, 2.24) is 0 Å². The molecule has 0 N–H and O–H groups in total. The minimum Gasteiger partial charge on any atom is -0.289 e. The van der Waals surface area contributed by atoms with Crippen LogP contribution in [0.15, 0.2) is 58.8 Å². The van der Waals surface area contributed by atoms with E-state index in [1.54, 1.807) is 18.2 Å². The van der Waals surface area contributed by atoms with E-state index in [4.69, 9.17) is 0 Å². The molecule has 1 heterocycles. The zero-order chi connectivity index (χ0) is 15.0. The monoisotopic (exact) mass is 316 g/mol. The molecule has 1 aromatic heterocycles. The third kappa shape index (κ3) is 2.62. The summed E-state index contributed by atoms with van der Waals surface area (Å²) in [6.07, 6.45) is 1.15. The molecule has 0 aliphatic rings. The minimum absolute atomic E-state index is 0.0944. The first kappa shape index (κ1) is 14.0. The van der Waals surface area contributed by atoms with Gasteiger partial charge in [0.05, 0.1) is 4.90 Å². The lowest BCUT2D eigenvalue weighted by atomic mass is 10.0. The predicted molar refractivity (Wildman–Crippen MR) is 84.8 cm³/mol. The normalized spacial score (nSPS) is 11.7. The van der Waals surface area contributed by atoms with Crippen LogP contribution in [0.25, 0.3) is 10.1 Å². The second kappa shape index (κ2) is 5.09. The molecule has 0 spiro atoms. The molecule has 0 radical (unpaired) electrons. The quantitative estimate of drug-likeness (QED) is 0.695. The fraction of sp³-hybridized carbons (Fsp3) is 0.0625. The van der Waals surface area contributed by atoms with Crippen LogP contribution < -0.4 is 0 Å². The van der Waals surface area contributed by atoms with Gasteiger partial charge in [-0.15, -0.1) is 11.3 Å². The largest absolute Gasteiger partial charge is 0.289 e. The first-order chi connectivity index (χ1) is 9.97. The van der Waals surface area contributed by atoms with Gasteiger partial charge in [0.2, 0.25) is 0 Å². The average molecular weight is 316 g/mol. The van der Waals surface area contributed by atoms with E-state index in [0.717, 1.165) is 16.3 Å². The fourth-order valence-corrected chi connectivity index (χ4v) is 3.72. The van der Waals surface area contributed by atoms with Crippen LogP contribution >= 0.6 is 11.3 Å². The number of hydrogen-bond acceptors (Lipinski definition) is 4. The van der Waals surface area contributed by atoms with Crippen molar-refractivity contribution in [3.63, 3.8) is 0 Å². The van der Waals surface area contributed by atoms with E-state index in [0.29, 0.717) is 11.1 Å². The van der Waals surface area contributed by atoms with Crippen LogP contribution in [0, 0.1) is 0 Å². The van der Waals surface area contributed by atoms with Crippen LogP contribution in [0.3, 0.4) is 0 Å². The van der Waals surface area contributed by atoms with E-state index >= 15 is 0 Å². The van der Waals surface area contributed by atoms with Crippen LogP contribution in [0.1, 0.15) is 15.9 Å². The third-order valence-electron chi connectivity index (χ3n) is 3.27. The van der Waals surface area contributed by atoms with Gasteiger partial charge in [0.25, 0.3) is 0 Å². The molecule has 0 saturated carbocycles. The molecule has 0 aliphatic carbocycles. The maximum absolute atomic E-state index is 12.6. The van der Waals surface area contributed by atoms with Crippen LogP contribution in [0.2, 0.25) is 0 Å². The highest BCUT2D eigenvalue weighted by Crippen LogP contribution is 2.26. The number of thiophene rings is 1. The third-order valence-corrected chi connectivity index (χ3v) is 5.36. The first-order valence-corrected chi connectivity index (χ1v) is 9.05. The van der Waals surface area contributed by atoms with E-state index in [2.05, 4.69) is 0 Å². The Balaban J connectivity index is 2.05. The number of carbonyl (C=O) groups excluding carboxylic acids is 1. The second-order valence-electron chi connectivity index (χ2n) is 4.77. The zero-order valence-electron chi connectivity index (χ0n) is 11.2. The molecule has 3 nitrogen and oxygen atoms in total. The molecule has 0 amide bonds. The minimum atomic E-state index is -3.24. The molecule has 0 fully saturated rings. The Hall–Kier alpha value is -1.98. The molecule has 3 aromatic rings. The zero-order valence-corrected chi connectivity index (χ0v) is 12.9. The number of hydrogen-bond donors (Lipinski definition) is 0. The molecule has 21 heavy (non-hydrogen) atoms. The molecular formula is C16H12O3S2. The number of fused-ring (bicyclic) bond motifs is 1. The number of ketones is 1. The number of rotatable bonds is 3. The Labute approximate surface area is 126 Å². The summed E-state index contributed by atoms with van der Waals surface area (Å²) in [5.74, 6) is -0.0944. The van der Waals surface area contributed by atoms with Gasteiger partial charge in [-0.05, 0) is 47.2 Å². The fourth-order valence-electron chi connectivity index (χ4n) is 2.18. The van der Waals surface area contributed by atoms with E-state index in [9.17, 15) is 13.2 Å². The molecule has 0 bridgehead atoms. The summed E-state index contributed by atoms with van der Waals surface area (Å²) in [4.78, 5) is 12.8. The van der Waals surface area contributed by atoms with Gasteiger partial charge in [0, 0.05) is 22.1 Å². The van der Waals surface area contributed by atoms with E-state index in [1.165, 1.54) is 23.5 Å². The molecule has 106 valence electrons. The summed E-state index contributed by atoms with van der Waals surface area (Å²) in [5, 5.41) is 2.99. The van der Waals surface area contributed by atoms with Gasteiger partial charge in [-0.3, -0.25) is 4.79 Å². The topological polar surface area (TPSA) is 51.2 Å². The summed E-state index contributed by atoms with van der Waals surface area (Å²) < 4.78 is 23.8. The van der Waals surface area contributed by atoms with Crippen LogP contribution in [-0.4, -0.2) is 20.5 Å². The van der Waals surface area contributed by atoms with Crippen molar-refractivity contribution in [2.24, 2.45) is 0 Å². The molecule has 0 saturated heterocycles. The van der Waals surface area contributed by atoms with Gasteiger partial charge in [0.15, 0.2) is 15.6 Å². The Morgan fingerprint density at radius 2 is 1.71 bits per heavy atom. The molecule has 0 unspecified atom stereocenters. The van der Waals surface area contributed by atoms with Crippen molar-refractivity contribution >= 4 is 37.0 Å². The van der Waals surface area contributed by atoms with E-state index in [-0.39, 0.29) is 10.7 Å². The maximum atomic E-state index is 12.6. The van der Waals surface area contributed by atoms with E-state index < -0.39 is 9.84 Å². The van der Waals surface area contributed by atoms with Crippen LogP contribution in [-0.2, 0) is 9.84 Å². The summed E-state index contributed by atoms with van der Waals surface area (Å²) in [6.45, 7) is 0. The van der Waals surface area contributed by atoms with Gasteiger partial charge in [0.1, 0.15) is 0 Å². The lowest BCUT2D eigenvalue weighted by molar-refractivity contribution is 0.104. The standard InChI is InChI=1S/C16H12O3S2/c1-21(18,19)13-7-5-11(6-8-13)15(17)14-4-2-3-12-9-10-20-16(12)14/h2-10H,1H3. The molecule has 2 aromatic carbocycles. The Bertz CT molecular complexity index is 920. The lowest BCUT2D eigenvalue weighted by Gasteiger charge is -2.04. The van der Waals surface area contributed by atoms with Gasteiger partial charge in [-0.2, -0.15) is 0 Å². The van der Waals surface area contributed by atoms with Gasteiger partial charge in [-0.1, -0.05) is 12.1 Å². The smallest absolute Gasteiger partial charge is 0.194 e. The lowest BCUT2D eigenvalue weighted by Crippen LogP contribution is -2.03. The van der Waals surface area contributed by atoms with Crippen molar-refractivity contribution in [2.75, 3.05) is 6.26 Å². The summed E-state index contributed by atoms with van der Waals surface area (Å²) >= 11 is 1.53. The number of benzene rings is 2. The van der Waals surface area contributed by atoms with E-state index in [1.807, 2.05) is 23.6 Å². The molecule has 3 rings (SSSR count). The predicted octanol–water partition coefficient (Wildman–Crippen LogP) is 3.54. The highest BCUT2D eigenvalue weighted by Gasteiger charge is 2.14. The molecule has 0 aliphatic heterocycles. The van der Waals surface area contributed by atoms with Crippen LogP contribution in [0.4, 0.5) is 0 Å².